The van der Waals surface area contributed by atoms with Crippen LogP contribution in [0, 0.1) is 0 Å². The molecule has 5 heteroatoms. The van der Waals surface area contributed by atoms with E-state index < -0.39 is 8.24 Å². The van der Waals surface area contributed by atoms with Gasteiger partial charge in [0, 0.05) is 7.05 Å². The minimum Gasteiger partial charge on any atom is -0.316 e. The zero-order valence-electron chi connectivity index (χ0n) is 10.9. The van der Waals surface area contributed by atoms with E-state index in [1.165, 1.54) is 0 Å². The fourth-order valence-electron chi connectivity index (χ4n) is 2.43. The van der Waals surface area contributed by atoms with Crippen LogP contribution in [0.3, 0.4) is 0 Å². The summed E-state index contributed by atoms with van der Waals surface area (Å²) in [6, 6.07) is 2.49. The summed E-state index contributed by atoms with van der Waals surface area (Å²) in [7, 11) is -0.188. The Hall–Kier alpha value is -0.843. The van der Waals surface area contributed by atoms with Crippen LogP contribution in [-0.2, 0) is 4.79 Å². The van der Waals surface area contributed by atoms with Crippen LogP contribution >= 0.6 is 0 Å². The first-order chi connectivity index (χ1) is 7.45. The SMILES string of the molecule is CC[Si](CC)(CC)N1C(=O)C(C)N(C)C1=O. The third-order valence-corrected chi connectivity index (χ3v) is 9.41. The number of carbonyl (C=O) groups excluding carboxylic acids is 2. The number of carbonyl (C=O) groups is 2. The molecule has 4 nitrogen and oxygen atoms in total. The Kier molecular flexibility index (Phi) is 3.78. The van der Waals surface area contributed by atoms with E-state index in [1.54, 1.807) is 23.4 Å². The molecule has 1 unspecified atom stereocenters. The molecule has 1 saturated heterocycles. The summed E-state index contributed by atoms with van der Waals surface area (Å²) in [5, 5.41) is 0. The monoisotopic (exact) mass is 242 g/mol. The maximum Gasteiger partial charge on any atom is 0.319 e. The van der Waals surface area contributed by atoms with E-state index in [1.807, 2.05) is 0 Å². The molecule has 1 fully saturated rings. The summed E-state index contributed by atoms with van der Waals surface area (Å²) < 4.78 is 1.62. The Balaban J connectivity index is 3.12. The second-order valence-corrected chi connectivity index (χ2v) is 9.55. The number of imide groups is 1. The van der Waals surface area contributed by atoms with E-state index >= 15 is 0 Å². The summed E-state index contributed by atoms with van der Waals surface area (Å²) in [5.41, 5.74) is 0. The van der Waals surface area contributed by atoms with Crippen LogP contribution in [0.25, 0.3) is 0 Å². The maximum absolute atomic E-state index is 12.1. The third kappa shape index (κ3) is 1.67. The molecular weight excluding hydrogens is 220 g/mol. The molecule has 0 bridgehead atoms. The van der Waals surface area contributed by atoms with Crippen LogP contribution in [0.4, 0.5) is 4.79 Å². The van der Waals surface area contributed by atoms with Gasteiger partial charge in [-0.1, -0.05) is 20.8 Å². The fraction of sp³-hybridized carbons (Fsp3) is 0.818. The van der Waals surface area contributed by atoms with Gasteiger partial charge in [-0.15, -0.1) is 0 Å². The molecule has 0 aromatic carbocycles. The molecule has 1 aliphatic heterocycles. The molecule has 16 heavy (non-hydrogen) atoms. The van der Waals surface area contributed by atoms with Crippen molar-refractivity contribution in [1.82, 2.24) is 9.47 Å². The van der Waals surface area contributed by atoms with E-state index in [2.05, 4.69) is 20.8 Å². The Morgan fingerprint density at radius 3 is 1.81 bits per heavy atom. The van der Waals surface area contributed by atoms with Gasteiger partial charge in [0.05, 0.1) is 0 Å². The predicted molar refractivity (Wildman–Crippen MR) is 66.7 cm³/mol. The summed E-state index contributed by atoms with van der Waals surface area (Å²) in [6.45, 7) is 8.11. The van der Waals surface area contributed by atoms with Crippen LogP contribution in [-0.4, -0.2) is 42.7 Å². The molecule has 0 aromatic rings. The molecule has 3 amide bonds. The molecule has 0 N–H and O–H groups in total. The molecule has 0 aliphatic carbocycles. The average molecular weight is 242 g/mol. The smallest absolute Gasteiger partial charge is 0.316 e. The lowest BCUT2D eigenvalue weighted by Gasteiger charge is -2.35. The molecule has 0 spiro atoms. The Bertz CT molecular complexity index is 274. The molecule has 1 rings (SSSR count). The highest BCUT2D eigenvalue weighted by Crippen LogP contribution is 2.30. The summed E-state index contributed by atoms with van der Waals surface area (Å²) >= 11 is 0. The Labute approximate surface area is 98.7 Å². The van der Waals surface area contributed by atoms with Gasteiger partial charge in [0.1, 0.15) is 6.04 Å². The third-order valence-electron chi connectivity index (χ3n) is 4.10. The molecule has 1 heterocycles. The van der Waals surface area contributed by atoms with Crippen molar-refractivity contribution < 1.29 is 9.59 Å². The maximum atomic E-state index is 12.1. The molecule has 92 valence electrons. The van der Waals surface area contributed by atoms with Gasteiger partial charge in [-0.25, -0.2) is 4.79 Å². The van der Waals surface area contributed by atoms with E-state index in [4.69, 9.17) is 0 Å². The van der Waals surface area contributed by atoms with Crippen molar-refractivity contribution >= 4 is 20.2 Å². The fourth-order valence-corrected chi connectivity index (χ4v) is 6.10. The molecule has 0 radical (unpaired) electrons. The zero-order valence-corrected chi connectivity index (χ0v) is 11.9. The average Bonchev–Trinajstić information content (AvgIpc) is 2.49. The minimum absolute atomic E-state index is 0.00437. The number of rotatable bonds is 4. The highest BCUT2D eigenvalue weighted by atomic mass is 28.3. The second-order valence-electron chi connectivity index (χ2n) is 4.53. The summed E-state index contributed by atoms with van der Waals surface area (Å²) in [4.78, 5) is 25.8. The van der Waals surface area contributed by atoms with E-state index in [-0.39, 0.29) is 18.0 Å². The van der Waals surface area contributed by atoms with E-state index in [0.717, 1.165) is 18.1 Å². The first-order valence-electron chi connectivity index (χ1n) is 6.06. The molecule has 1 atom stereocenters. The topological polar surface area (TPSA) is 40.6 Å². The van der Waals surface area contributed by atoms with Gasteiger partial charge in [-0.2, -0.15) is 0 Å². The number of likely N-dealkylation sites (N-methyl/N-ethyl adjacent to an activating group) is 1. The number of hydrogen-bond acceptors (Lipinski definition) is 2. The molecular formula is C11H22N2O2Si. The first-order valence-corrected chi connectivity index (χ1v) is 8.62. The van der Waals surface area contributed by atoms with Gasteiger partial charge >= 0.3 is 6.03 Å². The first kappa shape index (κ1) is 13.2. The van der Waals surface area contributed by atoms with Crippen molar-refractivity contribution in [3.05, 3.63) is 0 Å². The van der Waals surface area contributed by atoms with Crippen LogP contribution in [0.5, 0.6) is 0 Å². The van der Waals surface area contributed by atoms with Crippen molar-refractivity contribution in [2.75, 3.05) is 7.05 Å². The van der Waals surface area contributed by atoms with Crippen molar-refractivity contribution in [2.45, 2.75) is 51.9 Å². The summed E-state index contributed by atoms with van der Waals surface area (Å²) in [5.74, 6) is 0.00437. The molecule has 1 aliphatic rings. The lowest BCUT2D eigenvalue weighted by atomic mass is 10.3. The summed E-state index contributed by atoms with van der Waals surface area (Å²) in [6.07, 6.45) is 0. The van der Waals surface area contributed by atoms with Crippen LogP contribution in [0.2, 0.25) is 18.1 Å². The lowest BCUT2D eigenvalue weighted by Crippen LogP contribution is -2.55. The lowest BCUT2D eigenvalue weighted by molar-refractivity contribution is -0.125. The largest absolute Gasteiger partial charge is 0.319 e. The second kappa shape index (κ2) is 4.57. The predicted octanol–water partition coefficient (Wildman–Crippen LogP) is 2.27. The minimum atomic E-state index is -1.90. The Morgan fingerprint density at radius 1 is 1.12 bits per heavy atom. The highest BCUT2D eigenvalue weighted by Gasteiger charge is 2.50. The van der Waals surface area contributed by atoms with Crippen LogP contribution < -0.4 is 0 Å². The van der Waals surface area contributed by atoms with Gasteiger partial charge in [0.15, 0.2) is 8.24 Å². The van der Waals surface area contributed by atoms with Crippen molar-refractivity contribution in [3.8, 4) is 0 Å². The van der Waals surface area contributed by atoms with Crippen molar-refractivity contribution in [1.29, 1.82) is 0 Å². The Morgan fingerprint density at radius 2 is 1.56 bits per heavy atom. The zero-order chi connectivity index (χ0) is 12.5. The number of nitrogens with zero attached hydrogens (tertiary/aromatic N) is 2. The van der Waals surface area contributed by atoms with E-state index in [0.29, 0.717) is 0 Å². The molecule has 0 aromatic heterocycles. The van der Waals surface area contributed by atoms with E-state index in [9.17, 15) is 9.59 Å². The van der Waals surface area contributed by atoms with Crippen molar-refractivity contribution in [3.63, 3.8) is 0 Å². The quantitative estimate of drug-likeness (QED) is 0.560. The normalized spacial score (nSPS) is 22.2. The number of urea groups is 1. The van der Waals surface area contributed by atoms with Gasteiger partial charge in [-0.05, 0) is 25.1 Å². The highest BCUT2D eigenvalue weighted by molar-refractivity contribution is 6.81. The van der Waals surface area contributed by atoms with Gasteiger partial charge < -0.3 is 4.90 Å². The van der Waals surface area contributed by atoms with Gasteiger partial charge in [-0.3, -0.25) is 9.36 Å². The van der Waals surface area contributed by atoms with Crippen LogP contribution in [0.1, 0.15) is 27.7 Å². The number of amides is 3. The van der Waals surface area contributed by atoms with Gasteiger partial charge in [0.25, 0.3) is 0 Å². The van der Waals surface area contributed by atoms with Crippen LogP contribution in [0.15, 0.2) is 0 Å². The van der Waals surface area contributed by atoms with Crippen molar-refractivity contribution in [2.24, 2.45) is 0 Å². The number of hydrogen-bond donors (Lipinski definition) is 0. The molecule has 0 saturated carbocycles. The standard InChI is InChI=1S/C11H22N2O2Si/c1-6-16(7-2,8-3)13-10(14)9(4)12(5)11(13)15/h9H,6-8H2,1-5H3. The van der Waals surface area contributed by atoms with Gasteiger partial charge in [0.2, 0.25) is 5.91 Å².